The number of carbonyl (C=O) groups excluding carboxylic acids is 2. The number of likely N-dealkylation sites (tertiary alicyclic amines) is 1. The third kappa shape index (κ3) is 4.61. The maximum Gasteiger partial charge on any atom is 0.320 e. The molecule has 5 heterocycles. The Hall–Kier alpha value is -3.80. The van der Waals surface area contributed by atoms with E-state index in [9.17, 15) is 14.0 Å². The van der Waals surface area contributed by atoms with Gasteiger partial charge in [0.2, 0.25) is 0 Å². The van der Waals surface area contributed by atoms with Crippen molar-refractivity contribution in [3.63, 3.8) is 0 Å². The summed E-state index contributed by atoms with van der Waals surface area (Å²) in [5.74, 6) is -0.951. The maximum absolute atomic E-state index is 13.5. The molecule has 35 heavy (non-hydrogen) atoms. The Bertz CT molecular complexity index is 1250. The smallest absolute Gasteiger partial charge is 0.320 e. The van der Waals surface area contributed by atoms with Gasteiger partial charge in [-0.3, -0.25) is 9.78 Å². The van der Waals surface area contributed by atoms with Crippen LogP contribution in [0, 0.1) is 5.82 Å². The lowest BCUT2D eigenvalue weighted by molar-refractivity contribution is 0.102. The van der Waals surface area contributed by atoms with Crippen LogP contribution in [0.5, 0.6) is 0 Å². The summed E-state index contributed by atoms with van der Waals surface area (Å²) in [5.41, 5.74) is 7.71. The van der Waals surface area contributed by atoms with Crippen LogP contribution >= 0.6 is 0 Å². The Morgan fingerprint density at radius 3 is 2.54 bits per heavy atom. The van der Waals surface area contributed by atoms with Gasteiger partial charge in [-0.1, -0.05) is 0 Å². The Morgan fingerprint density at radius 2 is 1.80 bits per heavy atom. The average Bonchev–Trinajstić information content (AvgIpc) is 3.19. The van der Waals surface area contributed by atoms with Gasteiger partial charge in [-0.25, -0.2) is 18.7 Å². The van der Waals surface area contributed by atoms with Crippen molar-refractivity contribution in [1.82, 2.24) is 34.3 Å². The first-order chi connectivity index (χ1) is 16.9. The molecule has 0 atom stereocenters. The van der Waals surface area contributed by atoms with E-state index in [1.54, 1.807) is 12.4 Å². The molecule has 2 fully saturated rings. The number of amides is 3. The molecule has 2 aliphatic rings. The van der Waals surface area contributed by atoms with Crippen molar-refractivity contribution in [2.75, 3.05) is 57.4 Å². The second-order valence-corrected chi connectivity index (χ2v) is 9.05. The number of piperazine rings is 1. The number of nitrogens with two attached hydrogens (primary N) is 1. The Morgan fingerprint density at radius 1 is 1.09 bits per heavy atom. The third-order valence-electron chi connectivity index (χ3n) is 6.78. The van der Waals surface area contributed by atoms with Crippen molar-refractivity contribution >= 4 is 29.1 Å². The molecule has 0 bridgehead atoms. The van der Waals surface area contributed by atoms with E-state index in [1.165, 1.54) is 0 Å². The molecule has 3 N–H and O–H groups in total. The number of urea groups is 1. The molecule has 2 aliphatic heterocycles. The number of fused-ring (bicyclic) bond motifs is 1. The zero-order chi connectivity index (χ0) is 24.5. The number of halogens is 1. The summed E-state index contributed by atoms with van der Waals surface area (Å²) >= 11 is 0. The van der Waals surface area contributed by atoms with Crippen molar-refractivity contribution < 1.29 is 14.0 Å². The van der Waals surface area contributed by atoms with Crippen molar-refractivity contribution in [1.29, 1.82) is 0 Å². The van der Waals surface area contributed by atoms with E-state index in [0.717, 1.165) is 61.5 Å². The van der Waals surface area contributed by atoms with E-state index in [1.807, 2.05) is 15.9 Å². The minimum absolute atomic E-state index is 0.0400. The SMILES string of the molecule is CN1CCN(C(=O)N2CCC(c3ccncc3NC(=O)c3c(N)nn4cc(F)cnc34)CC2)CC1. The number of rotatable bonds is 3. The van der Waals surface area contributed by atoms with Crippen LogP contribution in [0.3, 0.4) is 0 Å². The molecule has 184 valence electrons. The lowest BCUT2D eigenvalue weighted by Crippen LogP contribution is -2.53. The molecule has 5 rings (SSSR count). The van der Waals surface area contributed by atoms with Crippen molar-refractivity contribution in [2.45, 2.75) is 18.8 Å². The summed E-state index contributed by atoms with van der Waals surface area (Å²) in [4.78, 5) is 40.2. The number of hydrogen-bond donors (Lipinski definition) is 2. The highest BCUT2D eigenvalue weighted by Gasteiger charge is 2.30. The monoisotopic (exact) mass is 481 g/mol. The molecule has 11 nitrogen and oxygen atoms in total. The molecule has 0 unspecified atom stereocenters. The molecule has 0 aromatic carbocycles. The largest absolute Gasteiger partial charge is 0.381 e. The van der Waals surface area contributed by atoms with E-state index in [2.05, 4.69) is 32.3 Å². The fourth-order valence-corrected chi connectivity index (χ4v) is 4.78. The minimum Gasteiger partial charge on any atom is -0.381 e. The number of nitrogens with zero attached hydrogens (tertiary/aromatic N) is 7. The second-order valence-electron chi connectivity index (χ2n) is 9.05. The zero-order valence-electron chi connectivity index (χ0n) is 19.5. The molecule has 3 amide bonds. The van der Waals surface area contributed by atoms with Crippen LogP contribution in [-0.2, 0) is 0 Å². The van der Waals surface area contributed by atoms with Gasteiger partial charge in [-0.15, -0.1) is 5.10 Å². The lowest BCUT2D eigenvalue weighted by Gasteiger charge is -2.39. The number of anilines is 2. The highest BCUT2D eigenvalue weighted by Crippen LogP contribution is 2.33. The molecular weight excluding hydrogens is 453 g/mol. The highest BCUT2D eigenvalue weighted by molar-refractivity contribution is 6.11. The van der Waals surface area contributed by atoms with Crippen LogP contribution in [0.4, 0.5) is 20.7 Å². The van der Waals surface area contributed by atoms with E-state index in [4.69, 9.17) is 5.73 Å². The highest BCUT2D eigenvalue weighted by atomic mass is 19.1. The van der Waals surface area contributed by atoms with Gasteiger partial charge in [0, 0.05) is 45.5 Å². The number of nitrogens with one attached hydrogen (secondary N) is 1. The normalized spacial score (nSPS) is 17.7. The van der Waals surface area contributed by atoms with Crippen LogP contribution in [-0.4, -0.2) is 92.5 Å². The van der Waals surface area contributed by atoms with Gasteiger partial charge >= 0.3 is 6.03 Å². The van der Waals surface area contributed by atoms with Gasteiger partial charge in [0.15, 0.2) is 17.3 Å². The first-order valence-corrected chi connectivity index (χ1v) is 11.7. The van der Waals surface area contributed by atoms with Crippen LogP contribution in [0.1, 0.15) is 34.7 Å². The number of likely N-dealkylation sites (N-methyl/N-ethyl adjacent to an activating group) is 1. The maximum atomic E-state index is 13.5. The van der Waals surface area contributed by atoms with E-state index in [0.29, 0.717) is 18.8 Å². The van der Waals surface area contributed by atoms with E-state index < -0.39 is 11.7 Å². The lowest BCUT2D eigenvalue weighted by atomic mass is 9.89. The topological polar surface area (TPSA) is 125 Å². The van der Waals surface area contributed by atoms with Crippen molar-refractivity contribution in [3.8, 4) is 0 Å². The Balaban J connectivity index is 1.28. The van der Waals surface area contributed by atoms with Crippen LogP contribution in [0.25, 0.3) is 5.65 Å². The van der Waals surface area contributed by atoms with Gasteiger partial charge in [0.25, 0.3) is 5.91 Å². The molecule has 0 spiro atoms. The molecule has 3 aromatic rings. The number of hydrogen-bond acceptors (Lipinski definition) is 7. The molecule has 0 saturated carbocycles. The Labute approximate surface area is 201 Å². The number of nitrogen functional groups attached to an aromatic ring is 1. The average molecular weight is 482 g/mol. The first kappa shape index (κ1) is 23.0. The third-order valence-corrected chi connectivity index (χ3v) is 6.78. The van der Waals surface area contributed by atoms with E-state index in [-0.39, 0.29) is 29.0 Å². The molecular formula is C23H28FN9O2. The van der Waals surface area contributed by atoms with Crippen molar-refractivity contribution in [2.24, 2.45) is 0 Å². The standard InChI is InChI=1S/C23H28FN9O2/c1-30-8-10-32(11-9-30)23(35)31-6-3-15(4-7-31)17-2-5-26-13-18(17)28-22(34)19-20(25)29-33-14-16(24)12-27-21(19)33/h2,5,12-15H,3-4,6-11H2,1H3,(H2,25,29)(H,28,34). The number of aromatic nitrogens is 4. The summed E-state index contributed by atoms with van der Waals surface area (Å²) < 4.78 is 14.6. The van der Waals surface area contributed by atoms with Crippen LogP contribution < -0.4 is 11.1 Å². The quantitative estimate of drug-likeness (QED) is 0.583. The van der Waals surface area contributed by atoms with Gasteiger partial charge in [0.1, 0.15) is 5.56 Å². The van der Waals surface area contributed by atoms with Crippen LogP contribution in [0.2, 0.25) is 0 Å². The van der Waals surface area contributed by atoms with Gasteiger partial charge in [-0.05, 0) is 37.4 Å². The van der Waals surface area contributed by atoms with Crippen molar-refractivity contribution in [3.05, 3.63) is 47.8 Å². The van der Waals surface area contributed by atoms with E-state index >= 15 is 0 Å². The summed E-state index contributed by atoms with van der Waals surface area (Å²) in [6.45, 7) is 4.60. The molecule has 0 aliphatic carbocycles. The molecule has 12 heteroatoms. The number of carbonyl (C=O) groups is 2. The number of piperidine rings is 1. The van der Waals surface area contributed by atoms with Gasteiger partial charge in [-0.2, -0.15) is 0 Å². The molecule has 3 aromatic heterocycles. The zero-order valence-corrected chi connectivity index (χ0v) is 19.5. The second kappa shape index (κ2) is 9.45. The van der Waals surface area contributed by atoms with Gasteiger partial charge in [0.05, 0.1) is 24.3 Å². The fraction of sp³-hybridized carbons (Fsp3) is 0.435. The summed E-state index contributed by atoms with van der Waals surface area (Å²) in [7, 11) is 2.07. The minimum atomic E-state index is -0.584. The molecule has 2 saturated heterocycles. The molecule has 0 radical (unpaired) electrons. The summed E-state index contributed by atoms with van der Waals surface area (Å²) in [5, 5.41) is 6.87. The predicted molar refractivity (Wildman–Crippen MR) is 128 cm³/mol. The fourth-order valence-electron chi connectivity index (χ4n) is 4.78. The first-order valence-electron chi connectivity index (χ1n) is 11.7. The predicted octanol–water partition coefficient (Wildman–Crippen LogP) is 1.64. The summed E-state index contributed by atoms with van der Waals surface area (Å²) in [6, 6.07) is 2.00. The van der Waals surface area contributed by atoms with Gasteiger partial charge < -0.3 is 25.8 Å². The number of pyridine rings is 1. The summed E-state index contributed by atoms with van der Waals surface area (Å²) in [6.07, 6.45) is 6.99. The van der Waals surface area contributed by atoms with Crippen LogP contribution in [0.15, 0.2) is 30.9 Å². The Kier molecular flexibility index (Phi) is 6.20.